The summed E-state index contributed by atoms with van der Waals surface area (Å²) in [5, 5.41) is 17.6. The van der Waals surface area contributed by atoms with Crippen molar-refractivity contribution in [2.24, 2.45) is 5.92 Å². The first-order chi connectivity index (χ1) is 6.22. The number of carboxylic acids is 1. The Morgan fingerprint density at radius 2 is 2.14 bits per heavy atom. The van der Waals surface area contributed by atoms with E-state index >= 15 is 0 Å². The maximum absolute atomic E-state index is 10.5. The van der Waals surface area contributed by atoms with E-state index < -0.39 is 5.97 Å². The van der Waals surface area contributed by atoms with E-state index in [1.165, 1.54) is 0 Å². The first-order valence-electron chi connectivity index (χ1n) is 4.77. The number of aliphatic carboxylic acids is 1. The second-order valence-corrected chi connectivity index (χ2v) is 3.67. The number of likely N-dealkylation sites (tertiary alicyclic amines) is 1. The summed E-state index contributed by atoms with van der Waals surface area (Å²) in [6.07, 6.45) is 3.16. The number of hydrogen-bond acceptors (Lipinski definition) is 3. The van der Waals surface area contributed by atoms with Gasteiger partial charge in [0.25, 0.3) is 0 Å². The minimum absolute atomic E-state index is 0. The van der Waals surface area contributed by atoms with E-state index in [1.54, 1.807) is 0 Å². The van der Waals surface area contributed by atoms with Gasteiger partial charge in [-0.25, -0.2) is 0 Å². The van der Waals surface area contributed by atoms with E-state index in [9.17, 15) is 4.79 Å². The molecule has 5 heteroatoms. The predicted molar refractivity (Wildman–Crippen MR) is 55.8 cm³/mol. The summed E-state index contributed by atoms with van der Waals surface area (Å²) in [5.41, 5.74) is 0. The molecule has 1 heterocycles. The fraction of sp³-hybridized carbons (Fsp3) is 0.889. The number of aliphatic hydroxyl groups is 1. The lowest BCUT2D eigenvalue weighted by Gasteiger charge is -2.20. The standard InChI is InChI=1S/C9H17NO3.ClH/c11-7-8-3-1-2-4-10(5-8)6-9(12)13;/h8,11H,1-7H2,(H,12,13);1H. The molecule has 0 aliphatic carbocycles. The molecule has 1 rings (SSSR count). The summed E-state index contributed by atoms with van der Waals surface area (Å²) >= 11 is 0. The Morgan fingerprint density at radius 3 is 2.71 bits per heavy atom. The maximum Gasteiger partial charge on any atom is 0.317 e. The van der Waals surface area contributed by atoms with Crippen LogP contribution in [0.2, 0.25) is 0 Å². The monoisotopic (exact) mass is 223 g/mol. The molecular formula is C9H18ClNO3. The molecule has 0 aromatic rings. The molecule has 0 aromatic heterocycles. The van der Waals surface area contributed by atoms with Gasteiger partial charge in [0.1, 0.15) is 0 Å². The van der Waals surface area contributed by atoms with Gasteiger partial charge in [-0.15, -0.1) is 12.4 Å². The van der Waals surface area contributed by atoms with E-state index in [0.29, 0.717) is 0 Å². The van der Waals surface area contributed by atoms with Gasteiger partial charge in [-0.3, -0.25) is 9.69 Å². The molecule has 0 radical (unpaired) electrons. The SMILES string of the molecule is Cl.O=C(O)CN1CCCCC(CO)C1. The van der Waals surface area contributed by atoms with Crippen molar-refractivity contribution in [2.45, 2.75) is 19.3 Å². The molecule has 1 aliphatic rings. The van der Waals surface area contributed by atoms with Gasteiger partial charge in [0, 0.05) is 13.2 Å². The van der Waals surface area contributed by atoms with Crippen LogP contribution in [0, 0.1) is 5.92 Å². The van der Waals surface area contributed by atoms with Gasteiger partial charge in [0.05, 0.1) is 6.54 Å². The third kappa shape index (κ3) is 4.79. The largest absolute Gasteiger partial charge is 0.480 e. The first-order valence-corrected chi connectivity index (χ1v) is 4.77. The number of aliphatic hydroxyl groups excluding tert-OH is 1. The highest BCUT2D eigenvalue weighted by atomic mass is 35.5. The third-order valence-corrected chi connectivity index (χ3v) is 2.47. The minimum Gasteiger partial charge on any atom is -0.480 e. The Kier molecular flexibility index (Phi) is 6.87. The Bertz CT molecular complexity index is 177. The third-order valence-electron chi connectivity index (χ3n) is 2.47. The highest BCUT2D eigenvalue weighted by Crippen LogP contribution is 2.15. The Morgan fingerprint density at radius 1 is 1.43 bits per heavy atom. The van der Waals surface area contributed by atoms with Gasteiger partial charge < -0.3 is 10.2 Å². The number of rotatable bonds is 3. The number of hydrogen-bond donors (Lipinski definition) is 2. The molecule has 84 valence electrons. The Hall–Kier alpha value is -0.320. The molecular weight excluding hydrogens is 206 g/mol. The van der Waals surface area contributed by atoms with Crippen molar-refractivity contribution in [3.8, 4) is 0 Å². The minimum atomic E-state index is -0.779. The summed E-state index contributed by atoms with van der Waals surface area (Å²) in [5.74, 6) is -0.513. The predicted octanol–water partition coefficient (Wildman–Crippen LogP) is 0.587. The van der Waals surface area contributed by atoms with Gasteiger partial charge in [-0.05, 0) is 25.3 Å². The number of nitrogens with zero attached hydrogens (tertiary/aromatic N) is 1. The van der Waals surface area contributed by atoms with Crippen molar-refractivity contribution in [2.75, 3.05) is 26.2 Å². The van der Waals surface area contributed by atoms with E-state index in [-0.39, 0.29) is 31.5 Å². The molecule has 0 saturated carbocycles. The Balaban J connectivity index is 0.00000169. The highest BCUT2D eigenvalue weighted by molar-refractivity contribution is 5.85. The molecule has 1 unspecified atom stereocenters. The number of carboxylic acid groups (broad SMARTS) is 1. The van der Waals surface area contributed by atoms with Crippen LogP contribution in [0.1, 0.15) is 19.3 Å². The van der Waals surface area contributed by atoms with Crippen molar-refractivity contribution in [3.63, 3.8) is 0 Å². The van der Waals surface area contributed by atoms with Crippen LogP contribution in [0.25, 0.3) is 0 Å². The molecule has 14 heavy (non-hydrogen) atoms. The molecule has 0 aromatic carbocycles. The molecule has 1 saturated heterocycles. The molecule has 0 amide bonds. The van der Waals surface area contributed by atoms with Crippen molar-refractivity contribution in [1.29, 1.82) is 0 Å². The van der Waals surface area contributed by atoms with Crippen LogP contribution in [0.15, 0.2) is 0 Å². The van der Waals surface area contributed by atoms with E-state index in [1.807, 2.05) is 4.90 Å². The van der Waals surface area contributed by atoms with Crippen molar-refractivity contribution in [3.05, 3.63) is 0 Å². The van der Waals surface area contributed by atoms with Crippen LogP contribution in [-0.2, 0) is 4.79 Å². The lowest BCUT2D eigenvalue weighted by atomic mass is 10.1. The van der Waals surface area contributed by atoms with Gasteiger partial charge in [0.15, 0.2) is 0 Å². The van der Waals surface area contributed by atoms with E-state index in [4.69, 9.17) is 10.2 Å². The quantitative estimate of drug-likeness (QED) is 0.735. The zero-order chi connectivity index (χ0) is 9.68. The Labute approximate surface area is 90.3 Å². The summed E-state index contributed by atoms with van der Waals surface area (Å²) in [7, 11) is 0. The van der Waals surface area contributed by atoms with Crippen LogP contribution >= 0.6 is 12.4 Å². The number of halogens is 1. The zero-order valence-corrected chi connectivity index (χ0v) is 9.00. The number of carbonyl (C=O) groups is 1. The van der Waals surface area contributed by atoms with Crippen molar-refractivity contribution < 1.29 is 15.0 Å². The topological polar surface area (TPSA) is 60.8 Å². The van der Waals surface area contributed by atoms with Crippen molar-refractivity contribution in [1.82, 2.24) is 4.90 Å². The maximum atomic E-state index is 10.5. The van der Waals surface area contributed by atoms with Crippen LogP contribution in [0.4, 0.5) is 0 Å². The fourth-order valence-electron chi connectivity index (χ4n) is 1.80. The van der Waals surface area contributed by atoms with Gasteiger partial charge in [-0.1, -0.05) is 6.42 Å². The summed E-state index contributed by atoms with van der Waals surface area (Å²) < 4.78 is 0. The van der Waals surface area contributed by atoms with E-state index in [2.05, 4.69) is 0 Å². The second-order valence-electron chi connectivity index (χ2n) is 3.67. The van der Waals surface area contributed by atoms with E-state index in [0.717, 1.165) is 32.4 Å². The molecule has 1 fully saturated rings. The smallest absolute Gasteiger partial charge is 0.317 e. The van der Waals surface area contributed by atoms with Crippen LogP contribution < -0.4 is 0 Å². The van der Waals surface area contributed by atoms with Gasteiger partial charge >= 0.3 is 5.97 Å². The fourth-order valence-corrected chi connectivity index (χ4v) is 1.80. The summed E-state index contributed by atoms with van der Waals surface area (Å²) in [6.45, 7) is 1.86. The first kappa shape index (κ1) is 13.7. The van der Waals surface area contributed by atoms with Gasteiger partial charge in [-0.2, -0.15) is 0 Å². The lowest BCUT2D eigenvalue weighted by molar-refractivity contribution is -0.138. The summed E-state index contributed by atoms with van der Waals surface area (Å²) in [4.78, 5) is 12.4. The summed E-state index contributed by atoms with van der Waals surface area (Å²) in [6, 6.07) is 0. The average molecular weight is 224 g/mol. The van der Waals surface area contributed by atoms with Crippen LogP contribution in [0.5, 0.6) is 0 Å². The molecule has 0 bridgehead atoms. The molecule has 0 spiro atoms. The van der Waals surface area contributed by atoms with Crippen LogP contribution in [-0.4, -0.2) is 47.3 Å². The molecule has 4 nitrogen and oxygen atoms in total. The second kappa shape index (κ2) is 7.04. The normalized spacial score (nSPS) is 23.6. The molecule has 1 atom stereocenters. The lowest BCUT2D eigenvalue weighted by Crippen LogP contribution is -2.34. The average Bonchev–Trinajstić information content (AvgIpc) is 2.28. The highest BCUT2D eigenvalue weighted by Gasteiger charge is 2.18. The van der Waals surface area contributed by atoms with Crippen LogP contribution in [0.3, 0.4) is 0 Å². The van der Waals surface area contributed by atoms with Crippen molar-refractivity contribution >= 4 is 18.4 Å². The zero-order valence-electron chi connectivity index (χ0n) is 8.19. The van der Waals surface area contributed by atoms with Gasteiger partial charge in [0.2, 0.25) is 0 Å². The molecule has 1 aliphatic heterocycles. The molecule has 2 N–H and O–H groups in total.